The molecule has 0 aromatic heterocycles. The number of para-hydroxylation sites is 1. The third-order valence-corrected chi connectivity index (χ3v) is 4.60. The van der Waals surface area contributed by atoms with Crippen molar-refractivity contribution in [2.45, 2.75) is 84.5 Å². The van der Waals surface area contributed by atoms with Crippen molar-refractivity contribution in [3.8, 4) is 5.75 Å². The van der Waals surface area contributed by atoms with Crippen molar-refractivity contribution in [1.82, 2.24) is 15.5 Å². The van der Waals surface area contributed by atoms with Gasteiger partial charge in [0.2, 0.25) is 11.8 Å². The van der Waals surface area contributed by atoms with Crippen molar-refractivity contribution < 1.29 is 24.2 Å². The molecule has 0 radical (unpaired) electrons. The van der Waals surface area contributed by atoms with Crippen LogP contribution in [0.2, 0.25) is 0 Å². The van der Waals surface area contributed by atoms with Crippen LogP contribution in [0.3, 0.4) is 0 Å². The highest BCUT2D eigenvalue weighted by molar-refractivity contribution is 5.91. The Morgan fingerprint density at radius 1 is 1.16 bits per heavy atom. The number of ether oxygens (including phenoxy) is 1. The highest BCUT2D eigenvalue weighted by Gasteiger charge is 2.43. The predicted molar refractivity (Wildman–Crippen MR) is 118 cm³/mol. The van der Waals surface area contributed by atoms with Gasteiger partial charge >= 0.3 is 6.09 Å². The molecule has 172 valence electrons. The lowest BCUT2D eigenvalue weighted by molar-refractivity contribution is -0.141. The number of nitrogens with zero attached hydrogens (tertiary/aromatic N) is 1. The van der Waals surface area contributed by atoms with Gasteiger partial charge in [0.25, 0.3) is 0 Å². The first-order chi connectivity index (χ1) is 14.2. The molecule has 8 nitrogen and oxygen atoms in total. The third kappa shape index (κ3) is 7.15. The van der Waals surface area contributed by atoms with E-state index in [-0.39, 0.29) is 24.2 Å². The Hall–Kier alpha value is -2.77. The van der Waals surface area contributed by atoms with Gasteiger partial charge in [-0.3, -0.25) is 9.59 Å². The van der Waals surface area contributed by atoms with E-state index in [1.807, 2.05) is 20.8 Å². The predicted octanol–water partition coefficient (Wildman–Crippen LogP) is 3.17. The van der Waals surface area contributed by atoms with E-state index < -0.39 is 29.2 Å². The Balaban J connectivity index is 2.34. The molecule has 1 saturated carbocycles. The molecule has 8 heteroatoms. The van der Waals surface area contributed by atoms with Gasteiger partial charge in [0.1, 0.15) is 23.9 Å². The Morgan fingerprint density at radius 2 is 1.77 bits per heavy atom. The molecular weight excluding hydrogens is 398 g/mol. The van der Waals surface area contributed by atoms with E-state index in [1.54, 1.807) is 45.9 Å². The minimum absolute atomic E-state index is 0.0184. The Kier molecular flexibility index (Phi) is 7.24. The molecule has 2 rings (SSSR count). The van der Waals surface area contributed by atoms with Crippen LogP contribution in [0.1, 0.15) is 71.6 Å². The molecule has 1 aromatic rings. The minimum atomic E-state index is -1.01. The maximum atomic E-state index is 13.3. The van der Waals surface area contributed by atoms with Gasteiger partial charge in [-0.05, 0) is 66.9 Å². The van der Waals surface area contributed by atoms with Crippen molar-refractivity contribution in [3.63, 3.8) is 0 Å². The molecular formula is C23H35N3O5. The number of hydrogen-bond acceptors (Lipinski definition) is 5. The van der Waals surface area contributed by atoms with Crippen molar-refractivity contribution in [1.29, 1.82) is 0 Å². The third-order valence-electron chi connectivity index (χ3n) is 4.60. The maximum Gasteiger partial charge on any atom is 0.408 e. The number of carbonyl (C=O) groups excluding carboxylic acids is 3. The van der Waals surface area contributed by atoms with E-state index in [1.165, 1.54) is 4.90 Å². The molecule has 0 saturated heterocycles. The minimum Gasteiger partial charge on any atom is -0.507 e. The first kappa shape index (κ1) is 24.5. The number of nitrogens with one attached hydrogen (secondary N) is 2. The molecule has 1 aromatic carbocycles. The summed E-state index contributed by atoms with van der Waals surface area (Å²) in [5, 5.41) is 16.1. The smallest absolute Gasteiger partial charge is 0.408 e. The van der Waals surface area contributed by atoms with Gasteiger partial charge in [0.05, 0.1) is 0 Å². The fourth-order valence-corrected chi connectivity index (χ4v) is 3.22. The molecule has 3 N–H and O–H groups in total. The summed E-state index contributed by atoms with van der Waals surface area (Å²) in [5.74, 6) is -0.815. The standard InChI is InChI=1S/C23H35N3O5/c1-14-9-8-10-16(19(14)28)18(20(29)25-22(2,3)4)26(15-11-12-15)17(27)13-24-21(30)31-23(5,6)7/h8-10,15,18,28H,11-13H2,1-7H3,(H,24,30)(H,25,29). The normalized spacial score (nSPS) is 15.1. The lowest BCUT2D eigenvalue weighted by Gasteiger charge is -2.34. The highest BCUT2D eigenvalue weighted by atomic mass is 16.6. The van der Waals surface area contributed by atoms with Crippen LogP contribution in [0.25, 0.3) is 0 Å². The van der Waals surface area contributed by atoms with Crippen LogP contribution in [0.5, 0.6) is 5.75 Å². The van der Waals surface area contributed by atoms with E-state index >= 15 is 0 Å². The van der Waals surface area contributed by atoms with Crippen molar-refractivity contribution in [2.24, 2.45) is 0 Å². The highest BCUT2D eigenvalue weighted by Crippen LogP contribution is 2.38. The second-order valence-corrected chi connectivity index (χ2v) is 10.0. The van der Waals surface area contributed by atoms with Gasteiger partial charge in [-0.1, -0.05) is 18.2 Å². The number of hydrogen-bond donors (Lipinski definition) is 3. The van der Waals surface area contributed by atoms with E-state index in [0.29, 0.717) is 11.1 Å². The first-order valence-electron chi connectivity index (χ1n) is 10.6. The number of amides is 3. The maximum absolute atomic E-state index is 13.3. The number of rotatable bonds is 6. The lowest BCUT2D eigenvalue weighted by Crippen LogP contribution is -2.52. The molecule has 0 heterocycles. The Bertz CT molecular complexity index is 835. The van der Waals surface area contributed by atoms with Crippen LogP contribution >= 0.6 is 0 Å². The number of aromatic hydroxyl groups is 1. The number of aryl methyl sites for hydroxylation is 1. The summed E-state index contributed by atoms with van der Waals surface area (Å²) in [6.07, 6.45) is 0.805. The molecule has 1 atom stereocenters. The van der Waals surface area contributed by atoms with Gasteiger partial charge in [-0.2, -0.15) is 0 Å². The number of phenolic OH excluding ortho intramolecular Hbond substituents is 1. The summed E-state index contributed by atoms with van der Waals surface area (Å²) in [6, 6.07) is 3.99. The van der Waals surface area contributed by atoms with Crippen LogP contribution in [-0.4, -0.2) is 51.6 Å². The summed E-state index contributed by atoms with van der Waals surface area (Å²) >= 11 is 0. The second kappa shape index (κ2) is 9.16. The van der Waals surface area contributed by atoms with Crippen molar-refractivity contribution in [3.05, 3.63) is 29.3 Å². The van der Waals surface area contributed by atoms with Gasteiger partial charge in [-0.15, -0.1) is 0 Å². The lowest BCUT2D eigenvalue weighted by atomic mass is 9.98. The van der Waals surface area contributed by atoms with E-state index in [9.17, 15) is 19.5 Å². The molecule has 31 heavy (non-hydrogen) atoms. The monoisotopic (exact) mass is 433 g/mol. The summed E-state index contributed by atoms with van der Waals surface area (Å²) in [5.41, 5.74) is -0.242. The molecule has 1 fully saturated rings. The van der Waals surface area contributed by atoms with Gasteiger partial charge in [-0.25, -0.2) is 4.79 Å². The number of phenols is 1. The van der Waals surface area contributed by atoms with Crippen LogP contribution in [0.15, 0.2) is 18.2 Å². The summed E-state index contributed by atoms with van der Waals surface area (Å²) in [7, 11) is 0. The van der Waals surface area contributed by atoms with E-state index in [2.05, 4.69) is 10.6 Å². The summed E-state index contributed by atoms with van der Waals surface area (Å²) in [6.45, 7) is 12.2. The fraction of sp³-hybridized carbons (Fsp3) is 0.609. The average Bonchev–Trinajstić information content (AvgIpc) is 3.42. The zero-order chi connectivity index (χ0) is 23.6. The van der Waals surface area contributed by atoms with Crippen molar-refractivity contribution >= 4 is 17.9 Å². The summed E-state index contributed by atoms with van der Waals surface area (Å²) in [4.78, 5) is 40.0. The second-order valence-electron chi connectivity index (χ2n) is 10.0. The Labute approximate surface area is 184 Å². The van der Waals surface area contributed by atoms with Gasteiger partial charge in [0.15, 0.2) is 0 Å². The van der Waals surface area contributed by atoms with Crippen LogP contribution in [0, 0.1) is 6.92 Å². The molecule has 0 spiro atoms. The zero-order valence-corrected chi connectivity index (χ0v) is 19.5. The number of alkyl carbamates (subject to hydrolysis) is 1. The summed E-state index contributed by atoms with van der Waals surface area (Å²) < 4.78 is 5.20. The molecule has 3 amide bonds. The molecule has 0 bridgehead atoms. The van der Waals surface area contributed by atoms with Gasteiger partial charge in [0, 0.05) is 17.1 Å². The topological polar surface area (TPSA) is 108 Å². The van der Waals surface area contributed by atoms with Crippen LogP contribution < -0.4 is 10.6 Å². The number of benzene rings is 1. The van der Waals surface area contributed by atoms with Crippen LogP contribution in [0.4, 0.5) is 4.79 Å². The Morgan fingerprint density at radius 3 is 2.29 bits per heavy atom. The van der Waals surface area contributed by atoms with Crippen molar-refractivity contribution in [2.75, 3.05) is 6.54 Å². The quantitative estimate of drug-likeness (QED) is 0.639. The molecule has 1 unspecified atom stereocenters. The first-order valence-corrected chi connectivity index (χ1v) is 10.6. The fourth-order valence-electron chi connectivity index (χ4n) is 3.22. The SMILES string of the molecule is Cc1cccc(C(C(=O)NC(C)(C)C)N(C(=O)CNC(=O)OC(C)(C)C)C2CC2)c1O. The van der Waals surface area contributed by atoms with E-state index in [0.717, 1.165) is 12.8 Å². The van der Waals surface area contributed by atoms with Crippen LogP contribution in [-0.2, 0) is 14.3 Å². The number of carbonyl (C=O) groups is 3. The van der Waals surface area contributed by atoms with Gasteiger partial charge < -0.3 is 25.4 Å². The zero-order valence-electron chi connectivity index (χ0n) is 19.5. The molecule has 0 aliphatic heterocycles. The molecule has 1 aliphatic rings. The largest absolute Gasteiger partial charge is 0.507 e. The average molecular weight is 434 g/mol. The molecule has 1 aliphatic carbocycles. The van der Waals surface area contributed by atoms with E-state index in [4.69, 9.17) is 4.74 Å².